The number of rotatable bonds is 1. The number of hydrogen-bond acceptors (Lipinski definition) is 3. The largest absolute Gasteiger partial charge is 0.480 e. The minimum absolute atomic E-state index is 0.162. The molecule has 0 radical (unpaired) electrons. The summed E-state index contributed by atoms with van der Waals surface area (Å²) < 4.78 is -0.473. The topological polar surface area (TPSA) is 57.6 Å². The quantitative estimate of drug-likeness (QED) is 0.843. The number of carbonyl (C=O) groups is 2. The fourth-order valence-electron chi connectivity index (χ4n) is 2.78. The van der Waals surface area contributed by atoms with Crippen LogP contribution in [0.4, 0.5) is 0 Å². The van der Waals surface area contributed by atoms with Gasteiger partial charge in [0.15, 0.2) is 0 Å². The second-order valence-corrected chi connectivity index (χ2v) is 6.85. The van der Waals surface area contributed by atoms with Crippen LogP contribution in [0.2, 0.25) is 0 Å². The Labute approximate surface area is 109 Å². The average Bonchev–Trinajstić information content (AvgIpc) is 2.72. The van der Waals surface area contributed by atoms with Gasteiger partial charge in [0.25, 0.3) is 5.91 Å². The summed E-state index contributed by atoms with van der Waals surface area (Å²) >= 11 is 1.55. The maximum absolute atomic E-state index is 12.3. The molecule has 0 bridgehead atoms. The number of hydrogen-bond donors (Lipinski definition) is 1. The van der Waals surface area contributed by atoms with E-state index >= 15 is 0 Å². The van der Waals surface area contributed by atoms with Crippen molar-refractivity contribution in [3.8, 4) is 0 Å². The standard InChI is InChI=1S/C13H13NO3S/c1-13(2)9(12(16)17)14-10(15)7-5-3-4-6-8(7)11(14)18-13/h3-6,9,11H,1-2H3,(H,16,17)/t9-,11-/m1/s1. The molecular weight excluding hydrogens is 250 g/mol. The molecule has 94 valence electrons. The molecule has 4 nitrogen and oxygen atoms in total. The summed E-state index contributed by atoms with van der Waals surface area (Å²) in [5.41, 5.74) is 1.57. The van der Waals surface area contributed by atoms with Gasteiger partial charge in [-0.3, -0.25) is 4.79 Å². The van der Waals surface area contributed by atoms with Crippen LogP contribution in [0.25, 0.3) is 0 Å². The van der Waals surface area contributed by atoms with Gasteiger partial charge in [-0.1, -0.05) is 18.2 Å². The van der Waals surface area contributed by atoms with Gasteiger partial charge in [0, 0.05) is 10.3 Å². The summed E-state index contributed by atoms with van der Waals surface area (Å²) in [4.78, 5) is 25.3. The van der Waals surface area contributed by atoms with Gasteiger partial charge in [-0.15, -0.1) is 11.8 Å². The van der Waals surface area contributed by atoms with Crippen molar-refractivity contribution in [1.29, 1.82) is 0 Å². The Morgan fingerprint density at radius 1 is 1.39 bits per heavy atom. The van der Waals surface area contributed by atoms with Gasteiger partial charge in [0.2, 0.25) is 0 Å². The molecular formula is C13H13NO3S. The van der Waals surface area contributed by atoms with Crippen LogP contribution in [-0.2, 0) is 4.79 Å². The van der Waals surface area contributed by atoms with Crippen LogP contribution >= 0.6 is 11.8 Å². The molecule has 5 heteroatoms. The molecule has 1 fully saturated rings. The van der Waals surface area contributed by atoms with E-state index in [0.717, 1.165) is 5.56 Å². The van der Waals surface area contributed by atoms with Crippen LogP contribution in [-0.4, -0.2) is 32.7 Å². The van der Waals surface area contributed by atoms with Gasteiger partial charge in [-0.25, -0.2) is 4.79 Å². The summed E-state index contributed by atoms with van der Waals surface area (Å²) in [5.74, 6) is -1.10. The first-order valence-corrected chi connectivity index (χ1v) is 6.63. The van der Waals surface area contributed by atoms with Crippen molar-refractivity contribution >= 4 is 23.6 Å². The van der Waals surface area contributed by atoms with Crippen LogP contribution in [0.5, 0.6) is 0 Å². The maximum atomic E-state index is 12.3. The molecule has 2 aliphatic heterocycles. The van der Waals surface area contributed by atoms with E-state index in [1.165, 1.54) is 4.90 Å². The fourth-order valence-corrected chi connectivity index (χ4v) is 4.36. The molecule has 1 N–H and O–H groups in total. The van der Waals surface area contributed by atoms with E-state index in [1.54, 1.807) is 17.8 Å². The Bertz CT molecular complexity index is 555. The average molecular weight is 263 g/mol. The lowest BCUT2D eigenvalue weighted by atomic mass is 10.0. The van der Waals surface area contributed by atoms with Gasteiger partial charge in [0.05, 0.1) is 0 Å². The molecule has 0 saturated carbocycles. The molecule has 2 aliphatic rings. The Kier molecular flexibility index (Phi) is 2.26. The summed E-state index contributed by atoms with van der Waals surface area (Å²) in [5, 5.41) is 9.22. The van der Waals surface area contributed by atoms with Crippen molar-refractivity contribution in [3.63, 3.8) is 0 Å². The molecule has 0 aromatic heterocycles. The monoisotopic (exact) mass is 263 g/mol. The number of carbonyl (C=O) groups excluding carboxylic acids is 1. The number of thioether (sulfide) groups is 1. The molecule has 3 rings (SSSR count). The third-order valence-electron chi connectivity index (χ3n) is 3.53. The third kappa shape index (κ3) is 1.34. The number of nitrogens with zero attached hydrogens (tertiary/aromatic N) is 1. The second kappa shape index (κ2) is 3.51. The molecule has 2 heterocycles. The van der Waals surface area contributed by atoms with Crippen molar-refractivity contribution in [2.24, 2.45) is 0 Å². The highest BCUT2D eigenvalue weighted by atomic mass is 32.2. The maximum Gasteiger partial charge on any atom is 0.327 e. The van der Waals surface area contributed by atoms with Crippen molar-refractivity contribution in [1.82, 2.24) is 4.90 Å². The minimum Gasteiger partial charge on any atom is -0.480 e. The number of carboxylic acid groups (broad SMARTS) is 1. The summed E-state index contributed by atoms with van der Waals surface area (Å²) in [6.45, 7) is 3.76. The summed E-state index contributed by atoms with van der Waals surface area (Å²) in [6, 6.07) is 6.60. The smallest absolute Gasteiger partial charge is 0.327 e. The van der Waals surface area contributed by atoms with Crippen LogP contribution in [0.3, 0.4) is 0 Å². The Morgan fingerprint density at radius 2 is 2.06 bits per heavy atom. The fraction of sp³-hybridized carbons (Fsp3) is 0.385. The van der Waals surface area contributed by atoms with Crippen LogP contribution in [0.15, 0.2) is 24.3 Å². The Hall–Kier alpha value is -1.49. The van der Waals surface area contributed by atoms with E-state index in [0.29, 0.717) is 5.56 Å². The number of fused-ring (bicyclic) bond motifs is 3. The van der Waals surface area contributed by atoms with Gasteiger partial charge < -0.3 is 10.0 Å². The van der Waals surface area contributed by atoms with Crippen LogP contribution in [0.1, 0.15) is 35.1 Å². The van der Waals surface area contributed by atoms with E-state index in [-0.39, 0.29) is 11.3 Å². The van der Waals surface area contributed by atoms with Gasteiger partial charge in [0.1, 0.15) is 11.4 Å². The molecule has 0 aliphatic carbocycles. The van der Waals surface area contributed by atoms with Gasteiger partial charge >= 0.3 is 5.97 Å². The van der Waals surface area contributed by atoms with Crippen LogP contribution in [0, 0.1) is 0 Å². The zero-order chi connectivity index (χ0) is 13.1. The molecule has 1 aromatic carbocycles. The molecule has 18 heavy (non-hydrogen) atoms. The Morgan fingerprint density at radius 3 is 2.72 bits per heavy atom. The number of amides is 1. The predicted octanol–water partition coefficient (Wildman–Crippen LogP) is 2.12. The number of aliphatic carboxylic acids is 1. The van der Waals surface area contributed by atoms with Gasteiger partial charge in [-0.05, 0) is 25.5 Å². The molecule has 0 spiro atoms. The van der Waals surface area contributed by atoms with Crippen molar-refractivity contribution < 1.29 is 14.7 Å². The highest BCUT2D eigenvalue weighted by Gasteiger charge is 2.57. The van der Waals surface area contributed by atoms with Crippen molar-refractivity contribution in [2.45, 2.75) is 30.0 Å². The van der Waals surface area contributed by atoms with E-state index in [2.05, 4.69) is 0 Å². The molecule has 1 aromatic rings. The van der Waals surface area contributed by atoms with E-state index < -0.39 is 16.8 Å². The molecule has 2 atom stereocenters. The Balaban J connectivity index is 2.13. The van der Waals surface area contributed by atoms with E-state index in [9.17, 15) is 14.7 Å². The zero-order valence-electron chi connectivity index (χ0n) is 10.1. The highest BCUT2D eigenvalue weighted by molar-refractivity contribution is 8.01. The lowest BCUT2D eigenvalue weighted by molar-refractivity contribution is -0.142. The predicted molar refractivity (Wildman–Crippen MR) is 68.4 cm³/mol. The number of benzene rings is 1. The molecule has 1 saturated heterocycles. The second-order valence-electron chi connectivity index (χ2n) is 5.11. The summed E-state index contributed by atoms with van der Waals surface area (Å²) in [6.07, 6.45) is 0. The van der Waals surface area contributed by atoms with E-state index in [4.69, 9.17) is 0 Å². The first-order chi connectivity index (χ1) is 8.43. The van der Waals surface area contributed by atoms with Gasteiger partial charge in [-0.2, -0.15) is 0 Å². The third-order valence-corrected chi connectivity index (χ3v) is 5.07. The normalized spacial score (nSPS) is 28.1. The zero-order valence-corrected chi connectivity index (χ0v) is 10.9. The van der Waals surface area contributed by atoms with Crippen molar-refractivity contribution in [3.05, 3.63) is 35.4 Å². The molecule has 1 amide bonds. The number of carboxylic acids is 1. The first kappa shape index (κ1) is 11.6. The minimum atomic E-state index is -0.934. The lowest BCUT2D eigenvalue weighted by Crippen LogP contribution is -2.47. The SMILES string of the molecule is CC1(C)S[C@@H]2c3ccccc3C(=O)N2[C@@H]1C(=O)O. The van der Waals surface area contributed by atoms with Crippen molar-refractivity contribution in [2.75, 3.05) is 0 Å². The summed E-state index contributed by atoms with van der Waals surface area (Å²) in [7, 11) is 0. The lowest BCUT2D eigenvalue weighted by Gasteiger charge is -2.26. The van der Waals surface area contributed by atoms with E-state index in [1.807, 2.05) is 32.0 Å². The molecule has 0 unspecified atom stereocenters. The highest BCUT2D eigenvalue weighted by Crippen LogP contribution is 2.56. The first-order valence-electron chi connectivity index (χ1n) is 5.76. The van der Waals surface area contributed by atoms with Crippen LogP contribution < -0.4 is 0 Å².